The fraction of sp³-hybridized carbons (Fsp3) is 0.476. The number of halogens is 1. The highest BCUT2D eigenvalue weighted by molar-refractivity contribution is 5.95. The molecule has 1 aromatic heterocycles. The van der Waals surface area contributed by atoms with Gasteiger partial charge < -0.3 is 24.3 Å². The zero-order valence-corrected chi connectivity index (χ0v) is 15.6. The Labute approximate surface area is 162 Å². The fourth-order valence-electron chi connectivity index (χ4n) is 4.21. The Morgan fingerprint density at radius 3 is 2.82 bits per heavy atom. The van der Waals surface area contributed by atoms with Crippen molar-refractivity contribution in [2.75, 3.05) is 26.3 Å². The number of aromatic hydroxyl groups is 1. The number of amides is 1. The number of piperidine rings is 1. The van der Waals surface area contributed by atoms with Crippen LogP contribution in [0.1, 0.15) is 53.3 Å². The Morgan fingerprint density at radius 2 is 2.04 bits per heavy atom. The first-order chi connectivity index (χ1) is 13.5. The topological polar surface area (TPSA) is 83.1 Å². The summed E-state index contributed by atoms with van der Waals surface area (Å²) >= 11 is 0. The van der Waals surface area contributed by atoms with E-state index in [1.807, 2.05) is 0 Å². The number of ether oxygens (including phenoxy) is 1. The summed E-state index contributed by atoms with van der Waals surface area (Å²) in [6.45, 7) is 1.73. The van der Waals surface area contributed by atoms with Gasteiger partial charge in [0.25, 0.3) is 5.91 Å². The summed E-state index contributed by atoms with van der Waals surface area (Å²) in [5.74, 6) is -1.13. The van der Waals surface area contributed by atoms with Crippen LogP contribution >= 0.6 is 0 Å². The van der Waals surface area contributed by atoms with Gasteiger partial charge in [-0.15, -0.1) is 0 Å². The number of hydrogen-bond acceptors (Lipinski definition) is 5. The molecule has 0 bridgehead atoms. The van der Waals surface area contributed by atoms with Crippen molar-refractivity contribution in [1.29, 1.82) is 0 Å². The van der Waals surface area contributed by atoms with Crippen LogP contribution in [0.25, 0.3) is 0 Å². The largest absolute Gasteiger partial charge is 0.505 e. The van der Waals surface area contributed by atoms with E-state index >= 15 is 0 Å². The zero-order valence-electron chi connectivity index (χ0n) is 15.6. The maximum Gasteiger partial charge on any atom is 0.257 e. The van der Waals surface area contributed by atoms with E-state index in [4.69, 9.17) is 9.15 Å². The number of rotatable bonds is 3. The van der Waals surface area contributed by atoms with E-state index in [1.165, 1.54) is 12.3 Å². The molecule has 1 unspecified atom stereocenters. The second-order valence-electron chi connectivity index (χ2n) is 7.58. The molecule has 2 aliphatic rings. The van der Waals surface area contributed by atoms with Crippen LogP contribution in [-0.2, 0) is 10.3 Å². The molecule has 7 heteroatoms. The lowest BCUT2D eigenvalue weighted by molar-refractivity contribution is -0.0805. The van der Waals surface area contributed by atoms with Gasteiger partial charge >= 0.3 is 0 Å². The monoisotopic (exact) mass is 389 g/mol. The lowest BCUT2D eigenvalue weighted by atomic mass is 9.87. The summed E-state index contributed by atoms with van der Waals surface area (Å²) in [5, 5.41) is 20.6. The average Bonchev–Trinajstić information content (AvgIpc) is 3.21. The molecule has 1 aromatic carbocycles. The molecule has 0 radical (unpaired) electrons. The van der Waals surface area contributed by atoms with Crippen molar-refractivity contribution in [3.63, 3.8) is 0 Å². The van der Waals surface area contributed by atoms with E-state index in [2.05, 4.69) is 0 Å². The third kappa shape index (κ3) is 3.40. The van der Waals surface area contributed by atoms with Gasteiger partial charge in [-0.1, -0.05) is 12.1 Å². The SMILES string of the molecule is O=C(c1ccoc1C1(O)CCOCC1)N1CCCC(c2cccc(O)c2F)C1. The molecule has 2 aromatic rings. The van der Waals surface area contributed by atoms with Gasteiger partial charge in [0.1, 0.15) is 11.4 Å². The van der Waals surface area contributed by atoms with Crippen LogP contribution in [0.15, 0.2) is 34.9 Å². The molecule has 3 heterocycles. The average molecular weight is 389 g/mol. The van der Waals surface area contributed by atoms with Crippen LogP contribution in [0.3, 0.4) is 0 Å². The predicted molar refractivity (Wildman–Crippen MR) is 98.6 cm³/mol. The third-order valence-electron chi connectivity index (χ3n) is 5.79. The summed E-state index contributed by atoms with van der Waals surface area (Å²) in [6, 6.07) is 6.17. The van der Waals surface area contributed by atoms with Gasteiger partial charge in [-0.3, -0.25) is 4.79 Å². The third-order valence-corrected chi connectivity index (χ3v) is 5.79. The molecule has 6 nitrogen and oxygen atoms in total. The first-order valence-electron chi connectivity index (χ1n) is 9.64. The molecule has 4 rings (SSSR count). The van der Waals surface area contributed by atoms with Crippen molar-refractivity contribution < 1.29 is 28.6 Å². The maximum atomic E-state index is 14.3. The lowest BCUT2D eigenvalue weighted by Gasteiger charge is -2.34. The molecule has 2 N–H and O–H groups in total. The normalized spacial score (nSPS) is 22.2. The highest BCUT2D eigenvalue weighted by Gasteiger charge is 2.39. The van der Waals surface area contributed by atoms with Crippen LogP contribution in [0.4, 0.5) is 4.39 Å². The molecule has 0 spiro atoms. The maximum absolute atomic E-state index is 14.3. The smallest absolute Gasteiger partial charge is 0.257 e. The number of benzene rings is 1. The Morgan fingerprint density at radius 1 is 1.25 bits per heavy atom. The van der Waals surface area contributed by atoms with Gasteiger partial charge in [0.2, 0.25) is 0 Å². The summed E-state index contributed by atoms with van der Waals surface area (Å²) in [5.41, 5.74) is -0.436. The van der Waals surface area contributed by atoms with Crippen LogP contribution in [0, 0.1) is 5.82 Å². The molecule has 1 atom stereocenters. The van der Waals surface area contributed by atoms with Crippen molar-refractivity contribution in [3.05, 3.63) is 53.2 Å². The predicted octanol–water partition coefficient (Wildman–Crippen LogP) is 3.14. The molecular formula is C21H24FNO5. The molecule has 0 aliphatic carbocycles. The van der Waals surface area contributed by atoms with E-state index in [-0.39, 0.29) is 23.3 Å². The number of furan rings is 1. The minimum Gasteiger partial charge on any atom is -0.505 e. The standard InChI is InChI=1S/C21H24FNO5/c22-18-15(4-1-5-17(18)24)14-3-2-9-23(13-14)20(25)16-6-10-28-19(16)21(26)7-11-27-12-8-21/h1,4-6,10,14,24,26H,2-3,7-9,11-13H2. The summed E-state index contributed by atoms with van der Waals surface area (Å²) in [4.78, 5) is 14.9. The van der Waals surface area contributed by atoms with Crippen LogP contribution in [-0.4, -0.2) is 47.3 Å². The van der Waals surface area contributed by atoms with E-state index in [0.717, 1.165) is 12.8 Å². The van der Waals surface area contributed by atoms with Gasteiger partial charge in [0.05, 0.1) is 11.8 Å². The van der Waals surface area contributed by atoms with E-state index in [9.17, 15) is 19.4 Å². The Hall–Kier alpha value is -2.38. The van der Waals surface area contributed by atoms with Crippen molar-refractivity contribution in [2.24, 2.45) is 0 Å². The van der Waals surface area contributed by atoms with Gasteiger partial charge in [0, 0.05) is 45.1 Å². The number of phenols is 1. The quantitative estimate of drug-likeness (QED) is 0.843. The highest BCUT2D eigenvalue weighted by atomic mass is 19.1. The van der Waals surface area contributed by atoms with E-state index in [1.54, 1.807) is 23.1 Å². The number of carbonyl (C=O) groups excluding carboxylic acids is 1. The zero-order chi connectivity index (χ0) is 19.7. The second kappa shape index (κ2) is 7.56. The van der Waals surface area contributed by atoms with E-state index < -0.39 is 11.4 Å². The minimum absolute atomic E-state index is 0.189. The number of carbonyl (C=O) groups is 1. The van der Waals surface area contributed by atoms with Crippen molar-refractivity contribution >= 4 is 5.91 Å². The molecule has 2 aliphatic heterocycles. The Bertz CT molecular complexity index is 858. The van der Waals surface area contributed by atoms with Crippen molar-refractivity contribution in [2.45, 2.75) is 37.2 Å². The fourth-order valence-corrected chi connectivity index (χ4v) is 4.21. The van der Waals surface area contributed by atoms with Crippen molar-refractivity contribution in [3.8, 4) is 5.75 Å². The van der Waals surface area contributed by atoms with Crippen LogP contribution in [0.5, 0.6) is 5.75 Å². The van der Waals surface area contributed by atoms with Gasteiger partial charge in [-0.2, -0.15) is 0 Å². The first kappa shape index (κ1) is 19.0. The Kier molecular flexibility index (Phi) is 5.12. The van der Waals surface area contributed by atoms with Crippen LogP contribution < -0.4 is 0 Å². The number of aliphatic hydroxyl groups is 1. The summed E-state index contributed by atoms with van der Waals surface area (Å²) < 4.78 is 25.2. The number of nitrogens with zero attached hydrogens (tertiary/aromatic N) is 1. The molecule has 28 heavy (non-hydrogen) atoms. The second-order valence-corrected chi connectivity index (χ2v) is 7.58. The number of likely N-dealkylation sites (tertiary alicyclic amines) is 1. The number of phenolic OH excluding ortho intramolecular Hbond substituents is 1. The highest BCUT2D eigenvalue weighted by Crippen LogP contribution is 2.37. The van der Waals surface area contributed by atoms with Gasteiger partial charge in [-0.25, -0.2) is 4.39 Å². The molecule has 2 fully saturated rings. The minimum atomic E-state index is -1.21. The molecule has 1 amide bonds. The van der Waals surface area contributed by atoms with Crippen LogP contribution in [0.2, 0.25) is 0 Å². The Balaban J connectivity index is 1.56. The molecular weight excluding hydrogens is 365 g/mol. The first-order valence-corrected chi connectivity index (χ1v) is 9.64. The van der Waals surface area contributed by atoms with E-state index in [0.29, 0.717) is 50.3 Å². The van der Waals surface area contributed by atoms with Gasteiger partial charge in [-0.05, 0) is 30.5 Å². The molecule has 150 valence electrons. The van der Waals surface area contributed by atoms with Gasteiger partial charge in [0.15, 0.2) is 11.6 Å². The lowest BCUT2D eigenvalue weighted by Crippen LogP contribution is -2.41. The molecule has 2 saturated heterocycles. The molecule has 0 saturated carbocycles. The van der Waals surface area contributed by atoms with Crippen molar-refractivity contribution in [1.82, 2.24) is 4.90 Å². The summed E-state index contributed by atoms with van der Waals surface area (Å²) in [6.07, 6.45) is 3.64. The summed E-state index contributed by atoms with van der Waals surface area (Å²) in [7, 11) is 0. The number of hydrogen-bond donors (Lipinski definition) is 2.